The number of nitrogens with one attached hydrogen (secondary N) is 2. The van der Waals surface area contributed by atoms with E-state index in [1.54, 1.807) is 30.3 Å². The molecule has 9 heteroatoms. The fraction of sp³-hybridized carbons (Fsp3) is 0.296. The SMILES string of the molecule is COc1ccccc1N(C(=O)CNC(=O)c1ccco1)[C@H](C(=O)NC1CCCC1)c1ccc(F)cc1. The van der Waals surface area contributed by atoms with Gasteiger partial charge in [0.05, 0.1) is 25.6 Å². The van der Waals surface area contributed by atoms with Crippen molar-refractivity contribution in [2.45, 2.75) is 37.8 Å². The zero-order chi connectivity index (χ0) is 25.5. The highest BCUT2D eigenvalue weighted by atomic mass is 19.1. The van der Waals surface area contributed by atoms with E-state index in [1.807, 2.05) is 0 Å². The van der Waals surface area contributed by atoms with Crippen molar-refractivity contribution in [3.8, 4) is 5.75 Å². The van der Waals surface area contributed by atoms with Gasteiger partial charge in [-0.1, -0.05) is 37.1 Å². The summed E-state index contributed by atoms with van der Waals surface area (Å²) in [5.74, 6) is -1.57. The minimum Gasteiger partial charge on any atom is -0.495 e. The Morgan fingerprint density at radius 2 is 1.78 bits per heavy atom. The first-order valence-corrected chi connectivity index (χ1v) is 11.8. The molecule has 4 rings (SSSR count). The van der Waals surface area contributed by atoms with E-state index in [4.69, 9.17) is 9.15 Å². The molecule has 3 amide bonds. The Kier molecular flexibility index (Phi) is 7.99. The van der Waals surface area contributed by atoms with Gasteiger partial charge in [-0.15, -0.1) is 0 Å². The Labute approximate surface area is 208 Å². The van der Waals surface area contributed by atoms with E-state index >= 15 is 0 Å². The molecule has 36 heavy (non-hydrogen) atoms. The summed E-state index contributed by atoms with van der Waals surface area (Å²) in [6.45, 7) is -0.411. The Morgan fingerprint density at radius 1 is 1.06 bits per heavy atom. The Bertz CT molecular complexity index is 1190. The Morgan fingerprint density at radius 3 is 2.44 bits per heavy atom. The Hall–Kier alpha value is -4.14. The second-order valence-corrected chi connectivity index (χ2v) is 8.54. The van der Waals surface area contributed by atoms with E-state index in [0.29, 0.717) is 17.0 Å². The van der Waals surface area contributed by atoms with E-state index < -0.39 is 36.1 Å². The zero-order valence-corrected chi connectivity index (χ0v) is 19.9. The number of carbonyl (C=O) groups is 3. The summed E-state index contributed by atoms with van der Waals surface area (Å²) in [6.07, 6.45) is 5.09. The maximum atomic E-state index is 13.8. The largest absolute Gasteiger partial charge is 0.495 e. The minimum absolute atomic E-state index is 0.00581. The quantitative estimate of drug-likeness (QED) is 0.470. The summed E-state index contributed by atoms with van der Waals surface area (Å²) in [7, 11) is 1.46. The molecule has 0 bridgehead atoms. The molecule has 0 spiro atoms. The van der Waals surface area contributed by atoms with Crippen LogP contribution in [0.5, 0.6) is 5.75 Å². The maximum absolute atomic E-state index is 13.8. The molecule has 1 aromatic heterocycles. The van der Waals surface area contributed by atoms with Gasteiger partial charge in [0.25, 0.3) is 5.91 Å². The summed E-state index contributed by atoms with van der Waals surface area (Å²) in [5, 5.41) is 5.60. The van der Waals surface area contributed by atoms with Crippen molar-refractivity contribution in [2.75, 3.05) is 18.6 Å². The molecule has 1 saturated carbocycles. The summed E-state index contributed by atoms with van der Waals surface area (Å²) in [5.41, 5.74) is 0.761. The number of nitrogens with zero attached hydrogens (tertiary/aromatic N) is 1. The van der Waals surface area contributed by atoms with E-state index in [9.17, 15) is 18.8 Å². The standard InChI is InChI=1S/C27H28FN3O5/c1-35-22-10-5-4-9-21(22)31(24(32)17-29-26(33)23-11-6-16-36-23)25(18-12-14-19(28)15-13-18)27(34)30-20-7-2-3-8-20/h4-6,9-16,20,25H,2-3,7-8,17H2,1H3,(H,29,33)(H,30,34)/t25-/m0/s1. The minimum atomic E-state index is -1.13. The Balaban J connectivity index is 1.72. The van der Waals surface area contributed by atoms with Gasteiger partial charge in [0.2, 0.25) is 11.8 Å². The normalized spacial score (nSPS) is 14.2. The molecule has 0 radical (unpaired) electrons. The number of anilines is 1. The fourth-order valence-corrected chi connectivity index (χ4v) is 4.40. The van der Waals surface area contributed by atoms with Crippen molar-refractivity contribution in [2.24, 2.45) is 0 Å². The zero-order valence-electron chi connectivity index (χ0n) is 19.9. The number of rotatable bonds is 9. The highest BCUT2D eigenvalue weighted by Crippen LogP contribution is 2.35. The van der Waals surface area contributed by atoms with Crippen LogP contribution in [-0.2, 0) is 9.59 Å². The van der Waals surface area contributed by atoms with Crippen LogP contribution in [0.3, 0.4) is 0 Å². The number of methoxy groups -OCH3 is 1. The topological polar surface area (TPSA) is 101 Å². The summed E-state index contributed by atoms with van der Waals surface area (Å²) < 4.78 is 24.4. The van der Waals surface area contributed by atoms with Gasteiger partial charge < -0.3 is 19.8 Å². The van der Waals surface area contributed by atoms with Gasteiger partial charge in [0.15, 0.2) is 5.76 Å². The molecular weight excluding hydrogens is 465 g/mol. The number of furan rings is 1. The van der Waals surface area contributed by atoms with Gasteiger partial charge >= 0.3 is 0 Å². The molecule has 1 aliphatic rings. The van der Waals surface area contributed by atoms with Crippen molar-refractivity contribution in [1.29, 1.82) is 0 Å². The number of benzene rings is 2. The molecule has 1 heterocycles. The molecule has 3 aromatic rings. The maximum Gasteiger partial charge on any atom is 0.287 e. The molecule has 0 saturated heterocycles. The van der Waals surface area contributed by atoms with Crippen molar-refractivity contribution in [1.82, 2.24) is 10.6 Å². The second-order valence-electron chi connectivity index (χ2n) is 8.54. The van der Waals surface area contributed by atoms with Gasteiger partial charge in [-0.25, -0.2) is 4.39 Å². The highest BCUT2D eigenvalue weighted by Gasteiger charge is 2.35. The van der Waals surface area contributed by atoms with Gasteiger partial charge in [-0.2, -0.15) is 0 Å². The third-order valence-corrected chi connectivity index (χ3v) is 6.15. The predicted molar refractivity (Wildman–Crippen MR) is 131 cm³/mol. The van der Waals surface area contributed by atoms with Crippen molar-refractivity contribution < 1.29 is 27.9 Å². The van der Waals surface area contributed by atoms with Crippen molar-refractivity contribution in [3.63, 3.8) is 0 Å². The number of halogens is 1. The van der Waals surface area contributed by atoms with Crippen LogP contribution in [-0.4, -0.2) is 37.4 Å². The monoisotopic (exact) mass is 493 g/mol. The molecule has 8 nitrogen and oxygen atoms in total. The number of hydrogen-bond acceptors (Lipinski definition) is 5. The summed E-state index contributed by atoms with van der Waals surface area (Å²) in [4.78, 5) is 41.1. The lowest BCUT2D eigenvalue weighted by Crippen LogP contribution is -2.49. The first-order chi connectivity index (χ1) is 17.5. The lowest BCUT2D eigenvalue weighted by atomic mass is 10.0. The summed E-state index contributed by atoms with van der Waals surface area (Å²) in [6, 6.07) is 14.2. The highest BCUT2D eigenvalue weighted by molar-refractivity contribution is 6.05. The lowest BCUT2D eigenvalue weighted by Gasteiger charge is -2.33. The van der Waals surface area contributed by atoms with Gasteiger partial charge in [-0.05, 0) is 54.8 Å². The molecule has 188 valence electrons. The van der Waals surface area contributed by atoms with Gasteiger partial charge in [0.1, 0.15) is 17.6 Å². The molecule has 0 unspecified atom stereocenters. The van der Waals surface area contributed by atoms with Crippen LogP contribution in [0.4, 0.5) is 10.1 Å². The number of ether oxygens (including phenoxy) is 1. The number of carbonyl (C=O) groups excluding carboxylic acids is 3. The van der Waals surface area contributed by atoms with Crippen LogP contribution >= 0.6 is 0 Å². The fourth-order valence-electron chi connectivity index (χ4n) is 4.40. The van der Waals surface area contributed by atoms with Gasteiger partial charge in [-0.3, -0.25) is 19.3 Å². The molecular formula is C27H28FN3O5. The number of amides is 3. The number of hydrogen-bond donors (Lipinski definition) is 2. The summed E-state index contributed by atoms with van der Waals surface area (Å²) >= 11 is 0. The third-order valence-electron chi connectivity index (χ3n) is 6.15. The molecule has 1 fully saturated rings. The number of para-hydroxylation sites is 2. The van der Waals surface area contributed by atoms with E-state index in [-0.39, 0.29) is 11.8 Å². The average molecular weight is 494 g/mol. The van der Waals surface area contributed by atoms with Gasteiger partial charge in [0, 0.05) is 6.04 Å². The smallest absolute Gasteiger partial charge is 0.287 e. The first kappa shape index (κ1) is 25.0. The van der Waals surface area contributed by atoms with E-state index in [1.165, 1.54) is 48.6 Å². The predicted octanol–water partition coefficient (Wildman–Crippen LogP) is 3.99. The van der Waals surface area contributed by atoms with Crippen LogP contribution < -0.4 is 20.3 Å². The molecule has 1 atom stereocenters. The third kappa shape index (κ3) is 5.73. The van der Waals surface area contributed by atoms with Crippen LogP contribution in [0.25, 0.3) is 0 Å². The average Bonchev–Trinajstić information content (AvgIpc) is 3.61. The molecule has 2 N–H and O–H groups in total. The molecule has 2 aromatic carbocycles. The van der Waals surface area contributed by atoms with Crippen LogP contribution in [0.15, 0.2) is 71.3 Å². The van der Waals surface area contributed by atoms with Crippen molar-refractivity contribution >= 4 is 23.4 Å². The van der Waals surface area contributed by atoms with Crippen LogP contribution in [0.1, 0.15) is 47.8 Å². The van der Waals surface area contributed by atoms with Crippen molar-refractivity contribution in [3.05, 3.63) is 84.1 Å². The first-order valence-electron chi connectivity index (χ1n) is 11.8. The second kappa shape index (κ2) is 11.5. The molecule has 1 aliphatic carbocycles. The van der Waals surface area contributed by atoms with E-state index in [2.05, 4.69) is 10.6 Å². The van der Waals surface area contributed by atoms with Crippen LogP contribution in [0.2, 0.25) is 0 Å². The van der Waals surface area contributed by atoms with E-state index in [0.717, 1.165) is 25.7 Å². The lowest BCUT2D eigenvalue weighted by molar-refractivity contribution is -0.126. The van der Waals surface area contributed by atoms with Crippen LogP contribution in [0, 0.1) is 5.82 Å². The molecule has 0 aliphatic heterocycles.